The third-order valence-electron chi connectivity index (χ3n) is 3.85. The van der Waals surface area contributed by atoms with Crippen LogP contribution in [0.1, 0.15) is 25.3 Å². The van der Waals surface area contributed by atoms with Crippen LogP contribution in [-0.2, 0) is 16.0 Å². The van der Waals surface area contributed by atoms with Crippen LogP contribution in [0.15, 0.2) is 34.7 Å². The van der Waals surface area contributed by atoms with Crippen LogP contribution in [0.2, 0.25) is 0 Å². The van der Waals surface area contributed by atoms with Crippen molar-refractivity contribution in [2.24, 2.45) is 5.10 Å². The van der Waals surface area contributed by atoms with Crippen molar-refractivity contribution in [2.75, 3.05) is 12.4 Å². The van der Waals surface area contributed by atoms with Gasteiger partial charge < -0.3 is 0 Å². The summed E-state index contributed by atoms with van der Waals surface area (Å²) in [7, 11) is 1.55. The molecule has 1 aliphatic rings. The van der Waals surface area contributed by atoms with Crippen LogP contribution in [0.5, 0.6) is 0 Å². The molecule has 1 aromatic carbocycles. The molecule has 6 nitrogen and oxygen atoms in total. The lowest BCUT2D eigenvalue weighted by atomic mass is 10.1. The van der Waals surface area contributed by atoms with Crippen molar-refractivity contribution >= 4 is 34.0 Å². The summed E-state index contributed by atoms with van der Waals surface area (Å²) in [5.41, 5.74) is 3.47. The summed E-state index contributed by atoms with van der Waals surface area (Å²) in [6.07, 6.45) is 1.65. The predicted octanol–water partition coefficient (Wildman–Crippen LogP) is 2.92. The van der Waals surface area contributed by atoms with Crippen LogP contribution < -0.4 is 5.32 Å². The normalized spacial score (nSPS) is 14.5. The molecule has 0 saturated heterocycles. The van der Waals surface area contributed by atoms with Crippen LogP contribution in [0, 0.1) is 0 Å². The van der Waals surface area contributed by atoms with Crippen molar-refractivity contribution in [3.8, 4) is 11.3 Å². The molecule has 7 heteroatoms. The molecule has 24 heavy (non-hydrogen) atoms. The third kappa shape index (κ3) is 3.51. The van der Waals surface area contributed by atoms with E-state index < -0.39 is 0 Å². The Morgan fingerprint density at radius 3 is 2.71 bits per heavy atom. The first kappa shape index (κ1) is 16.3. The number of thiazole rings is 1. The van der Waals surface area contributed by atoms with E-state index in [-0.39, 0.29) is 11.8 Å². The van der Waals surface area contributed by atoms with Gasteiger partial charge in [-0.2, -0.15) is 5.10 Å². The molecule has 1 N–H and O–H groups in total. The van der Waals surface area contributed by atoms with Crippen molar-refractivity contribution < 1.29 is 9.59 Å². The standard InChI is InChI=1S/C17H18N4O2S/c1-3-11-4-6-12(7-5-11)14-10-24-17(18-14)19-16(23)13-8-9-15(22)21(2)20-13/h4-7,10H,3,8-9H2,1-2H3,(H,18,19,23). The van der Waals surface area contributed by atoms with Crippen LogP contribution in [-0.4, -0.2) is 34.6 Å². The minimum absolute atomic E-state index is 0.0846. The zero-order valence-corrected chi connectivity index (χ0v) is 14.4. The summed E-state index contributed by atoms with van der Waals surface area (Å²) >= 11 is 1.37. The van der Waals surface area contributed by atoms with E-state index in [0.29, 0.717) is 23.7 Å². The maximum Gasteiger partial charge on any atom is 0.273 e. The third-order valence-corrected chi connectivity index (χ3v) is 4.61. The lowest BCUT2D eigenvalue weighted by Crippen LogP contribution is -2.34. The van der Waals surface area contributed by atoms with Crippen molar-refractivity contribution in [3.05, 3.63) is 35.2 Å². The predicted molar refractivity (Wildman–Crippen MR) is 95.0 cm³/mol. The number of carbonyl (C=O) groups excluding carboxylic acids is 2. The summed E-state index contributed by atoms with van der Waals surface area (Å²) in [5.74, 6) is -0.393. The molecular formula is C17H18N4O2S. The molecule has 2 aromatic rings. The Hall–Kier alpha value is -2.54. The Morgan fingerprint density at radius 1 is 1.29 bits per heavy atom. The van der Waals surface area contributed by atoms with Crippen LogP contribution in [0.4, 0.5) is 5.13 Å². The van der Waals surface area contributed by atoms with Gasteiger partial charge in [-0.1, -0.05) is 31.2 Å². The van der Waals surface area contributed by atoms with Crippen molar-refractivity contribution in [1.29, 1.82) is 0 Å². The summed E-state index contributed by atoms with van der Waals surface area (Å²) < 4.78 is 0. The largest absolute Gasteiger partial charge is 0.297 e. The molecule has 0 atom stereocenters. The summed E-state index contributed by atoms with van der Waals surface area (Å²) in [5, 5.41) is 10.4. The van der Waals surface area contributed by atoms with Gasteiger partial charge in [0.2, 0.25) is 5.91 Å². The quantitative estimate of drug-likeness (QED) is 0.928. The highest BCUT2D eigenvalue weighted by atomic mass is 32.1. The number of nitrogens with zero attached hydrogens (tertiary/aromatic N) is 3. The Balaban J connectivity index is 1.70. The number of benzene rings is 1. The summed E-state index contributed by atoms with van der Waals surface area (Å²) in [6.45, 7) is 2.12. The maximum atomic E-state index is 12.2. The Morgan fingerprint density at radius 2 is 2.04 bits per heavy atom. The van der Waals surface area contributed by atoms with Gasteiger partial charge in [0.05, 0.1) is 5.69 Å². The molecule has 0 radical (unpaired) electrons. The van der Waals surface area contributed by atoms with Crippen LogP contribution in [0.3, 0.4) is 0 Å². The lowest BCUT2D eigenvalue weighted by Gasteiger charge is -2.18. The second kappa shape index (κ2) is 6.92. The highest BCUT2D eigenvalue weighted by Gasteiger charge is 2.22. The molecule has 2 heterocycles. The number of aryl methyl sites for hydroxylation is 1. The van der Waals surface area contributed by atoms with E-state index in [1.165, 1.54) is 21.9 Å². The highest BCUT2D eigenvalue weighted by molar-refractivity contribution is 7.14. The number of amides is 2. The fourth-order valence-electron chi connectivity index (χ4n) is 2.38. The first-order valence-corrected chi connectivity index (χ1v) is 8.65. The van der Waals surface area contributed by atoms with Crippen LogP contribution in [0.25, 0.3) is 11.3 Å². The fourth-order valence-corrected chi connectivity index (χ4v) is 3.09. The summed E-state index contributed by atoms with van der Waals surface area (Å²) in [6, 6.07) is 8.23. The van der Waals surface area contributed by atoms with E-state index in [4.69, 9.17) is 0 Å². The first-order chi connectivity index (χ1) is 11.6. The van der Waals surface area contributed by atoms with E-state index in [9.17, 15) is 9.59 Å². The molecule has 3 rings (SSSR count). The Labute approximate surface area is 144 Å². The van der Waals surface area contributed by atoms with Crippen molar-refractivity contribution in [3.63, 3.8) is 0 Å². The van der Waals surface area contributed by atoms with Gasteiger partial charge in [-0.3, -0.25) is 14.9 Å². The number of hydrazone groups is 1. The fraction of sp³-hybridized carbons (Fsp3) is 0.294. The zero-order chi connectivity index (χ0) is 17.1. The highest BCUT2D eigenvalue weighted by Crippen LogP contribution is 2.25. The van der Waals surface area contributed by atoms with Gasteiger partial charge >= 0.3 is 0 Å². The first-order valence-electron chi connectivity index (χ1n) is 7.77. The lowest BCUT2D eigenvalue weighted by molar-refractivity contribution is -0.130. The molecule has 0 spiro atoms. The average Bonchev–Trinajstić information content (AvgIpc) is 3.06. The Bertz CT molecular complexity index is 795. The van der Waals surface area contributed by atoms with E-state index in [1.807, 2.05) is 17.5 Å². The molecule has 0 fully saturated rings. The number of nitrogens with one attached hydrogen (secondary N) is 1. The SMILES string of the molecule is CCc1ccc(-c2csc(NC(=O)C3=NN(C)C(=O)CC3)n2)cc1. The zero-order valence-electron chi connectivity index (χ0n) is 13.6. The molecule has 2 amide bonds. The van der Waals surface area contributed by atoms with E-state index in [1.54, 1.807) is 7.05 Å². The minimum atomic E-state index is -0.309. The minimum Gasteiger partial charge on any atom is -0.297 e. The second-order valence-electron chi connectivity index (χ2n) is 5.51. The molecule has 1 aromatic heterocycles. The van der Waals surface area contributed by atoms with Gasteiger partial charge in [0.25, 0.3) is 5.91 Å². The number of rotatable bonds is 4. The van der Waals surface area contributed by atoms with Crippen molar-refractivity contribution in [2.45, 2.75) is 26.2 Å². The van der Waals surface area contributed by atoms with Gasteiger partial charge in [0.1, 0.15) is 5.71 Å². The maximum absolute atomic E-state index is 12.2. The van der Waals surface area contributed by atoms with Crippen molar-refractivity contribution in [1.82, 2.24) is 9.99 Å². The Kier molecular flexibility index (Phi) is 4.71. The number of carbonyl (C=O) groups is 2. The number of hydrogen-bond acceptors (Lipinski definition) is 5. The second-order valence-corrected chi connectivity index (χ2v) is 6.36. The van der Waals surface area contributed by atoms with E-state index in [0.717, 1.165) is 17.7 Å². The molecule has 0 aliphatic carbocycles. The van der Waals surface area contributed by atoms with Gasteiger partial charge in [-0.25, -0.2) is 9.99 Å². The van der Waals surface area contributed by atoms with Gasteiger partial charge in [-0.05, 0) is 12.0 Å². The van der Waals surface area contributed by atoms with E-state index in [2.05, 4.69) is 34.5 Å². The number of anilines is 1. The van der Waals surface area contributed by atoms with E-state index >= 15 is 0 Å². The van der Waals surface area contributed by atoms with Gasteiger partial charge in [-0.15, -0.1) is 11.3 Å². The number of aromatic nitrogens is 1. The topological polar surface area (TPSA) is 74.7 Å². The van der Waals surface area contributed by atoms with Crippen LogP contribution >= 0.6 is 11.3 Å². The van der Waals surface area contributed by atoms with Gasteiger partial charge in [0, 0.05) is 30.8 Å². The molecule has 0 bridgehead atoms. The monoisotopic (exact) mass is 342 g/mol. The smallest absolute Gasteiger partial charge is 0.273 e. The van der Waals surface area contributed by atoms with Gasteiger partial charge in [0.15, 0.2) is 5.13 Å². The molecule has 0 unspecified atom stereocenters. The summed E-state index contributed by atoms with van der Waals surface area (Å²) in [4.78, 5) is 28.1. The average molecular weight is 342 g/mol. The molecule has 1 aliphatic heterocycles. The molecule has 0 saturated carbocycles. The molecule has 124 valence electrons. The number of hydrogen-bond donors (Lipinski definition) is 1. The molecular weight excluding hydrogens is 324 g/mol.